The largest absolute Gasteiger partial charge is 0.485 e. The molecule has 2 nitrogen and oxygen atoms in total. The molecule has 0 radical (unpaired) electrons. The molecule has 88 valence electrons. The number of hydrogen-bond acceptors (Lipinski definition) is 2. The predicted molar refractivity (Wildman–Crippen MR) is 66.0 cm³/mol. The smallest absolute Gasteiger partial charge is 0.172 e. The van der Waals surface area contributed by atoms with Gasteiger partial charge < -0.3 is 4.74 Å². The zero-order chi connectivity index (χ0) is 12.3. The quantitative estimate of drug-likeness (QED) is 0.778. The Bertz CT molecular complexity index is 369. The first-order valence-electron chi connectivity index (χ1n) is 5.65. The highest BCUT2D eigenvalue weighted by Crippen LogP contribution is 2.24. The summed E-state index contributed by atoms with van der Waals surface area (Å²) in [6, 6.07) is 4.14. The number of hydrogen-bond donors (Lipinski definition) is 0. The van der Waals surface area contributed by atoms with Crippen molar-refractivity contribution in [1.29, 1.82) is 0 Å². The Hall–Kier alpha value is -1.31. The van der Waals surface area contributed by atoms with Crippen molar-refractivity contribution in [2.75, 3.05) is 6.61 Å². The second kappa shape index (κ2) is 5.15. The van der Waals surface area contributed by atoms with E-state index in [9.17, 15) is 4.79 Å². The summed E-state index contributed by atoms with van der Waals surface area (Å²) in [6.45, 7) is 10.0. The van der Waals surface area contributed by atoms with Gasteiger partial charge in [0.1, 0.15) is 12.4 Å². The van der Waals surface area contributed by atoms with Gasteiger partial charge >= 0.3 is 0 Å². The highest BCUT2D eigenvalue weighted by atomic mass is 16.5. The van der Waals surface area contributed by atoms with Crippen LogP contribution in [0.4, 0.5) is 0 Å². The lowest BCUT2D eigenvalue weighted by molar-refractivity contribution is -0.123. The van der Waals surface area contributed by atoms with E-state index < -0.39 is 0 Å². The molecule has 0 aliphatic carbocycles. The minimum absolute atomic E-state index is 0.0334. The van der Waals surface area contributed by atoms with Crippen molar-refractivity contribution in [3.63, 3.8) is 0 Å². The van der Waals surface area contributed by atoms with Gasteiger partial charge in [-0.25, -0.2) is 0 Å². The number of rotatable bonds is 4. The van der Waals surface area contributed by atoms with Crippen LogP contribution in [0.3, 0.4) is 0 Å². The van der Waals surface area contributed by atoms with Crippen molar-refractivity contribution < 1.29 is 9.53 Å². The Labute approximate surface area is 97.6 Å². The molecule has 0 aliphatic rings. The first-order valence-corrected chi connectivity index (χ1v) is 5.65. The highest BCUT2D eigenvalue weighted by molar-refractivity contribution is 5.81. The minimum atomic E-state index is 0.0334. The van der Waals surface area contributed by atoms with Crippen LogP contribution >= 0.6 is 0 Å². The number of ketones is 1. The van der Waals surface area contributed by atoms with Gasteiger partial charge in [0.15, 0.2) is 5.78 Å². The number of ether oxygens (including phenoxy) is 1. The molecule has 0 heterocycles. The van der Waals surface area contributed by atoms with Crippen LogP contribution in [0.15, 0.2) is 12.1 Å². The van der Waals surface area contributed by atoms with Crippen molar-refractivity contribution in [2.24, 2.45) is 5.92 Å². The number of carbonyl (C=O) groups excluding carboxylic acids is 1. The average molecular weight is 220 g/mol. The van der Waals surface area contributed by atoms with E-state index in [-0.39, 0.29) is 18.3 Å². The van der Waals surface area contributed by atoms with E-state index in [4.69, 9.17) is 4.74 Å². The van der Waals surface area contributed by atoms with Crippen LogP contribution in [0.25, 0.3) is 0 Å². The second-order valence-corrected chi connectivity index (χ2v) is 4.64. The molecule has 1 aromatic rings. The van der Waals surface area contributed by atoms with Crippen LogP contribution in [0.2, 0.25) is 0 Å². The van der Waals surface area contributed by atoms with Gasteiger partial charge in [-0.2, -0.15) is 0 Å². The molecule has 0 N–H and O–H groups in total. The molecular weight excluding hydrogens is 200 g/mol. The fourth-order valence-electron chi connectivity index (χ4n) is 1.70. The van der Waals surface area contributed by atoms with E-state index in [1.54, 1.807) is 0 Å². The summed E-state index contributed by atoms with van der Waals surface area (Å²) in [4.78, 5) is 11.5. The maximum Gasteiger partial charge on any atom is 0.172 e. The van der Waals surface area contributed by atoms with Crippen LogP contribution < -0.4 is 4.74 Å². The van der Waals surface area contributed by atoms with Crippen molar-refractivity contribution in [1.82, 2.24) is 0 Å². The molecule has 0 aliphatic heterocycles. The lowest BCUT2D eigenvalue weighted by atomic mass is 10.1. The maximum atomic E-state index is 11.5. The van der Waals surface area contributed by atoms with Gasteiger partial charge in [-0.05, 0) is 31.9 Å². The zero-order valence-corrected chi connectivity index (χ0v) is 10.8. The first kappa shape index (κ1) is 12.8. The topological polar surface area (TPSA) is 26.3 Å². The van der Waals surface area contributed by atoms with Crippen LogP contribution in [0.5, 0.6) is 5.75 Å². The van der Waals surface area contributed by atoms with Gasteiger partial charge in [-0.15, -0.1) is 0 Å². The molecular formula is C14H20O2. The van der Waals surface area contributed by atoms with E-state index in [1.807, 2.05) is 27.7 Å². The molecule has 1 rings (SSSR count). The first-order chi connectivity index (χ1) is 7.41. The zero-order valence-electron chi connectivity index (χ0n) is 10.8. The molecule has 1 aromatic carbocycles. The Morgan fingerprint density at radius 1 is 1.19 bits per heavy atom. The molecule has 0 bridgehead atoms. The third-order valence-electron chi connectivity index (χ3n) is 2.61. The SMILES string of the molecule is Cc1cc(C)c(OCC(=O)C(C)C)c(C)c1. The summed E-state index contributed by atoms with van der Waals surface area (Å²) >= 11 is 0. The fourth-order valence-corrected chi connectivity index (χ4v) is 1.70. The van der Waals surface area contributed by atoms with Crippen molar-refractivity contribution in [3.8, 4) is 5.75 Å². The second-order valence-electron chi connectivity index (χ2n) is 4.64. The van der Waals surface area contributed by atoms with E-state index in [0.717, 1.165) is 16.9 Å². The number of Topliss-reactive ketones (excluding diaryl/α,β-unsaturated/α-hetero) is 1. The van der Waals surface area contributed by atoms with Crippen molar-refractivity contribution in [2.45, 2.75) is 34.6 Å². The average Bonchev–Trinajstić information content (AvgIpc) is 2.15. The molecule has 16 heavy (non-hydrogen) atoms. The Kier molecular flexibility index (Phi) is 4.11. The van der Waals surface area contributed by atoms with Crippen molar-refractivity contribution >= 4 is 5.78 Å². The lowest BCUT2D eigenvalue weighted by Gasteiger charge is -2.13. The fraction of sp³-hybridized carbons (Fsp3) is 0.500. The summed E-state index contributed by atoms with van der Waals surface area (Å²) in [6.07, 6.45) is 0. The Morgan fingerprint density at radius 3 is 2.12 bits per heavy atom. The van der Waals surface area contributed by atoms with E-state index in [0.29, 0.717) is 0 Å². The number of benzene rings is 1. The van der Waals surface area contributed by atoms with E-state index in [1.165, 1.54) is 5.56 Å². The summed E-state index contributed by atoms with van der Waals surface area (Å²) in [5.41, 5.74) is 3.40. The van der Waals surface area contributed by atoms with Gasteiger partial charge in [0.2, 0.25) is 0 Å². The maximum absolute atomic E-state index is 11.5. The Morgan fingerprint density at radius 2 is 1.69 bits per heavy atom. The van der Waals surface area contributed by atoms with E-state index in [2.05, 4.69) is 19.1 Å². The van der Waals surface area contributed by atoms with Crippen molar-refractivity contribution in [3.05, 3.63) is 28.8 Å². The van der Waals surface area contributed by atoms with Gasteiger partial charge in [-0.1, -0.05) is 31.5 Å². The van der Waals surface area contributed by atoms with Gasteiger partial charge in [0.25, 0.3) is 0 Å². The molecule has 0 atom stereocenters. The highest BCUT2D eigenvalue weighted by Gasteiger charge is 2.10. The minimum Gasteiger partial charge on any atom is -0.485 e. The molecule has 0 amide bonds. The van der Waals surface area contributed by atoms with Crippen LogP contribution in [0, 0.1) is 26.7 Å². The predicted octanol–water partition coefficient (Wildman–Crippen LogP) is 3.22. The van der Waals surface area contributed by atoms with Gasteiger partial charge in [0.05, 0.1) is 0 Å². The summed E-state index contributed by atoms with van der Waals surface area (Å²) < 4.78 is 5.60. The standard InChI is InChI=1S/C14H20O2/c1-9(2)13(15)8-16-14-11(4)6-10(3)7-12(14)5/h6-7,9H,8H2,1-5H3. The third kappa shape index (κ3) is 3.09. The molecule has 0 saturated heterocycles. The molecule has 2 heteroatoms. The number of carbonyl (C=O) groups is 1. The molecule has 0 spiro atoms. The van der Waals surface area contributed by atoms with Crippen LogP contribution in [-0.4, -0.2) is 12.4 Å². The monoisotopic (exact) mass is 220 g/mol. The molecule has 0 fully saturated rings. The lowest BCUT2D eigenvalue weighted by Crippen LogP contribution is -2.17. The third-order valence-corrected chi connectivity index (χ3v) is 2.61. The Balaban J connectivity index is 2.78. The van der Waals surface area contributed by atoms with E-state index >= 15 is 0 Å². The van der Waals surface area contributed by atoms with Gasteiger partial charge in [0, 0.05) is 5.92 Å². The normalized spacial score (nSPS) is 10.6. The summed E-state index contributed by atoms with van der Waals surface area (Å²) in [7, 11) is 0. The molecule has 0 unspecified atom stereocenters. The molecule has 0 saturated carbocycles. The van der Waals surface area contributed by atoms with Crippen LogP contribution in [0.1, 0.15) is 30.5 Å². The summed E-state index contributed by atoms with van der Waals surface area (Å²) in [5.74, 6) is 1.02. The molecule has 0 aromatic heterocycles. The summed E-state index contributed by atoms with van der Waals surface area (Å²) in [5, 5.41) is 0. The van der Waals surface area contributed by atoms with Gasteiger partial charge in [-0.3, -0.25) is 4.79 Å². The number of aryl methyl sites for hydroxylation is 3. The van der Waals surface area contributed by atoms with Crippen LogP contribution in [-0.2, 0) is 4.79 Å².